The number of halogens is 3. The Kier molecular flexibility index (Phi) is 5.22. The van der Waals surface area contributed by atoms with Gasteiger partial charge >= 0.3 is 0 Å². The molecule has 0 amide bonds. The number of aromatic nitrogens is 1. The summed E-state index contributed by atoms with van der Waals surface area (Å²) in [7, 11) is 1.91. The average Bonchev–Trinajstić information content (AvgIpc) is 2.41. The van der Waals surface area contributed by atoms with E-state index in [1.54, 1.807) is 12.3 Å². The molecule has 1 aromatic carbocycles. The van der Waals surface area contributed by atoms with Crippen molar-refractivity contribution in [3.05, 3.63) is 62.3 Å². The minimum atomic E-state index is 0.0755. The molecule has 2 aromatic rings. The zero-order valence-electron chi connectivity index (χ0n) is 10.3. The van der Waals surface area contributed by atoms with Crippen molar-refractivity contribution in [3.63, 3.8) is 0 Å². The van der Waals surface area contributed by atoms with Gasteiger partial charge in [-0.3, -0.25) is 4.98 Å². The van der Waals surface area contributed by atoms with E-state index < -0.39 is 0 Å². The van der Waals surface area contributed by atoms with E-state index in [-0.39, 0.29) is 6.04 Å². The van der Waals surface area contributed by atoms with Gasteiger partial charge in [0.25, 0.3) is 0 Å². The lowest BCUT2D eigenvalue weighted by Crippen LogP contribution is -2.20. The predicted octanol–water partition coefficient (Wildman–Crippen LogP) is 4.65. The smallest absolute Gasteiger partial charge is 0.0718 e. The normalized spacial score (nSPS) is 12.4. The summed E-state index contributed by atoms with van der Waals surface area (Å²) in [5.41, 5.74) is 1.96. The Morgan fingerprint density at radius 2 is 2.05 bits per heavy atom. The van der Waals surface area contributed by atoms with E-state index >= 15 is 0 Å². The second kappa shape index (κ2) is 6.71. The number of rotatable bonds is 4. The van der Waals surface area contributed by atoms with Crippen LogP contribution < -0.4 is 5.32 Å². The molecule has 0 bridgehead atoms. The molecule has 2 rings (SSSR count). The predicted molar refractivity (Wildman–Crippen MR) is 83.9 cm³/mol. The fraction of sp³-hybridized carbons (Fsp3) is 0.214. The van der Waals surface area contributed by atoms with Gasteiger partial charge in [-0.15, -0.1) is 0 Å². The Morgan fingerprint density at radius 3 is 2.74 bits per heavy atom. The molecule has 0 aliphatic heterocycles. The maximum Gasteiger partial charge on any atom is 0.0718 e. The first kappa shape index (κ1) is 14.8. The second-order valence-electron chi connectivity index (χ2n) is 4.13. The van der Waals surface area contributed by atoms with Gasteiger partial charge in [0, 0.05) is 10.7 Å². The maximum atomic E-state index is 6.23. The van der Waals surface area contributed by atoms with E-state index in [2.05, 4.69) is 26.2 Å². The van der Waals surface area contributed by atoms with Crippen molar-refractivity contribution in [3.8, 4) is 0 Å². The molecule has 1 N–H and O–H groups in total. The Bertz CT molecular complexity index is 575. The Hall–Kier alpha value is -0.610. The van der Waals surface area contributed by atoms with Crippen LogP contribution in [0.1, 0.15) is 17.3 Å². The van der Waals surface area contributed by atoms with Crippen molar-refractivity contribution in [1.82, 2.24) is 10.3 Å². The van der Waals surface area contributed by atoms with Gasteiger partial charge in [-0.05, 0) is 53.2 Å². The van der Waals surface area contributed by atoms with Crippen LogP contribution >= 0.6 is 39.1 Å². The lowest BCUT2D eigenvalue weighted by molar-refractivity contribution is 0.573. The molecule has 1 unspecified atom stereocenters. The molecule has 0 saturated heterocycles. The molecule has 0 spiro atoms. The van der Waals surface area contributed by atoms with E-state index in [1.807, 2.05) is 31.3 Å². The van der Waals surface area contributed by atoms with Crippen molar-refractivity contribution in [1.29, 1.82) is 0 Å². The number of likely N-dealkylation sites (N-methyl/N-ethyl adjacent to an activating group) is 1. The summed E-state index contributed by atoms with van der Waals surface area (Å²) in [6.45, 7) is 0. The van der Waals surface area contributed by atoms with Crippen LogP contribution in [0.15, 0.2) is 41.0 Å². The molecule has 0 aliphatic carbocycles. The van der Waals surface area contributed by atoms with Gasteiger partial charge in [0.05, 0.1) is 21.8 Å². The minimum Gasteiger partial charge on any atom is -0.311 e. The molecule has 1 heterocycles. The Morgan fingerprint density at radius 1 is 1.26 bits per heavy atom. The largest absolute Gasteiger partial charge is 0.311 e. The molecule has 0 radical (unpaired) electrons. The molecule has 5 heteroatoms. The first-order valence-electron chi connectivity index (χ1n) is 5.84. The summed E-state index contributed by atoms with van der Waals surface area (Å²) in [6, 6.07) is 9.63. The lowest BCUT2D eigenvalue weighted by atomic mass is 10.0. The van der Waals surface area contributed by atoms with Crippen molar-refractivity contribution < 1.29 is 0 Å². The molecule has 0 fully saturated rings. The highest BCUT2D eigenvalue weighted by molar-refractivity contribution is 9.10. The fourth-order valence-electron chi connectivity index (χ4n) is 1.92. The third-order valence-corrected chi connectivity index (χ3v) is 4.45. The first-order valence-corrected chi connectivity index (χ1v) is 7.39. The molecule has 0 saturated carbocycles. The lowest BCUT2D eigenvalue weighted by Gasteiger charge is -2.18. The molecular weight excluding hydrogens is 347 g/mol. The van der Waals surface area contributed by atoms with Gasteiger partial charge < -0.3 is 5.32 Å². The molecule has 19 heavy (non-hydrogen) atoms. The summed E-state index contributed by atoms with van der Waals surface area (Å²) < 4.78 is 0.979. The van der Waals surface area contributed by atoms with Crippen molar-refractivity contribution in [2.45, 2.75) is 12.5 Å². The molecular formula is C14H13BrCl2N2. The summed E-state index contributed by atoms with van der Waals surface area (Å²) in [5, 5.41) is 4.45. The van der Waals surface area contributed by atoms with Crippen LogP contribution in [0.3, 0.4) is 0 Å². The molecule has 2 nitrogen and oxygen atoms in total. The zero-order valence-corrected chi connectivity index (χ0v) is 13.4. The van der Waals surface area contributed by atoms with Crippen LogP contribution in [0.5, 0.6) is 0 Å². The molecule has 100 valence electrons. The highest BCUT2D eigenvalue weighted by Gasteiger charge is 2.16. The van der Waals surface area contributed by atoms with Crippen LogP contribution in [-0.2, 0) is 6.42 Å². The van der Waals surface area contributed by atoms with Gasteiger partial charge in [-0.25, -0.2) is 0 Å². The van der Waals surface area contributed by atoms with Gasteiger partial charge in [-0.2, -0.15) is 0 Å². The Balaban J connectivity index is 2.30. The monoisotopic (exact) mass is 358 g/mol. The number of hydrogen-bond donors (Lipinski definition) is 1. The summed E-state index contributed by atoms with van der Waals surface area (Å²) in [4.78, 5) is 4.41. The van der Waals surface area contributed by atoms with Crippen molar-refractivity contribution in [2.24, 2.45) is 0 Å². The standard InChI is InChI=1S/C14H13BrCl2N2/c1-18-12(14-10(15)5-3-7-19-14)8-9-4-2-6-11(16)13(9)17/h2-7,12,18H,8H2,1H3. The number of nitrogens with one attached hydrogen (secondary N) is 1. The van der Waals surface area contributed by atoms with Gasteiger partial charge in [-0.1, -0.05) is 35.3 Å². The maximum absolute atomic E-state index is 6.23. The summed E-state index contributed by atoms with van der Waals surface area (Å²) >= 11 is 15.8. The van der Waals surface area contributed by atoms with E-state index in [1.165, 1.54) is 0 Å². The quantitative estimate of drug-likeness (QED) is 0.859. The van der Waals surface area contributed by atoms with Gasteiger partial charge in [0.2, 0.25) is 0 Å². The van der Waals surface area contributed by atoms with Crippen LogP contribution in [-0.4, -0.2) is 12.0 Å². The molecule has 1 aromatic heterocycles. The Labute approximate surface area is 131 Å². The second-order valence-corrected chi connectivity index (χ2v) is 5.77. The van der Waals surface area contributed by atoms with Crippen molar-refractivity contribution >= 4 is 39.1 Å². The zero-order chi connectivity index (χ0) is 13.8. The van der Waals surface area contributed by atoms with Gasteiger partial charge in [0.1, 0.15) is 0 Å². The number of hydrogen-bond acceptors (Lipinski definition) is 2. The first-order chi connectivity index (χ1) is 9.13. The van der Waals surface area contributed by atoms with E-state index in [4.69, 9.17) is 23.2 Å². The highest BCUT2D eigenvalue weighted by Crippen LogP contribution is 2.30. The average molecular weight is 360 g/mol. The van der Waals surface area contributed by atoms with Crippen LogP contribution in [0.25, 0.3) is 0 Å². The molecule has 0 aliphatic rings. The number of nitrogens with zero attached hydrogens (tertiary/aromatic N) is 1. The topological polar surface area (TPSA) is 24.9 Å². The number of benzene rings is 1. The summed E-state index contributed by atoms with van der Waals surface area (Å²) in [5.74, 6) is 0. The highest BCUT2D eigenvalue weighted by atomic mass is 79.9. The third-order valence-electron chi connectivity index (χ3n) is 2.92. The van der Waals surface area contributed by atoms with Crippen LogP contribution in [0.2, 0.25) is 10.0 Å². The molecule has 1 atom stereocenters. The van der Waals surface area contributed by atoms with E-state index in [0.717, 1.165) is 22.2 Å². The van der Waals surface area contributed by atoms with E-state index in [0.29, 0.717) is 10.0 Å². The van der Waals surface area contributed by atoms with Crippen molar-refractivity contribution in [2.75, 3.05) is 7.05 Å². The number of pyridine rings is 1. The van der Waals surface area contributed by atoms with E-state index in [9.17, 15) is 0 Å². The van der Waals surface area contributed by atoms with Gasteiger partial charge in [0.15, 0.2) is 0 Å². The third kappa shape index (κ3) is 3.48. The minimum absolute atomic E-state index is 0.0755. The summed E-state index contributed by atoms with van der Waals surface area (Å²) in [6.07, 6.45) is 2.51. The SMILES string of the molecule is CNC(Cc1cccc(Cl)c1Cl)c1ncccc1Br. The van der Waals surface area contributed by atoms with Crippen LogP contribution in [0.4, 0.5) is 0 Å². The fourth-order valence-corrected chi connectivity index (χ4v) is 2.84. The van der Waals surface area contributed by atoms with Crippen LogP contribution in [0, 0.1) is 0 Å².